The Morgan fingerprint density at radius 1 is 1.47 bits per heavy atom. The summed E-state index contributed by atoms with van der Waals surface area (Å²) in [5.74, 6) is 1.76. The second-order valence-corrected chi connectivity index (χ2v) is 6.19. The van der Waals surface area contributed by atoms with Gasteiger partial charge >= 0.3 is 0 Å². The molecule has 0 radical (unpaired) electrons. The molecule has 3 fully saturated rings. The molecule has 2 aliphatic heterocycles. The Balaban J connectivity index is 1.49. The highest BCUT2D eigenvalue weighted by atomic mass is 16.5. The first kappa shape index (κ1) is 10.2. The van der Waals surface area contributed by atoms with Crippen molar-refractivity contribution in [2.24, 2.45) is 16.3 Å². The molecule has 2 aliphatic carbocycles. The molecule has 2 N–H and O–H groups in total. The lowest BCUT2D eigenvalue weighted by Gasteiger charge is -2.63. The lowest BCUT2D eigenvalue weighted by Crippen LogP contribution is -2.72. The van der Waals surface area contributed by atoms with E-state index in [0.29, 0.717) is 23.6 Å². The van der Waals surface area contributed by atoms with Crippen LogP contribution in [0, 0.1) is 11.3 Å². The van der Waals surface area contributed by atoms with Crippen molar-refractivity contribution in [3.8, 4) is 0 Å². The minimum absolute atomic E-state index is 0.456. The van der Waals surface area contributed by atoms with Crippen LogP contribution in [0.5, 0.6) is 0 Å². The topological polar surface area (TPSA) is 45.7 Å². The van der Waals surface area contributed by atoms with Gasteiger partial charge in [0.15, 0.2) is 5.96 Å². The Bertz CT molecular complexity index is 364. The lowest BCUT2D eigenvalue weighted by molar-refractivity contribution is -0.171. The molecule has 2 heterocycles. The SMILES string of the molecule is CC1CN=C(NC2C3CCOC3C23CCC3)N1. The lowest BCUT2D eigenvalue weighted by atomic mass is 9.46. The first-order valence-electron chi connectivity index (χ1n) is 6.99. The molecule has 1 saturated heterocycles. The minimum atomic E-state index is 0.456. The number of guanidine groups is 1. The standard InChI is InChI=1S/C13H21N3O/c1-8-7-14-12(15-8)16-10-9-3-6-17-11(9)13(10)4-2-5-13/h8-11H,2-7H2,1H3,(H2,14,15,16). The molecule has 4 rings (SSSR count). The van der Waals surface area contributed by atoms with Crippen molar-refractivity contribution in [1.82, 2.24) is 10.6 Å². The van der Waals surface area contributed by atoms with Gasteiger partial charge in [-0.2, -0.15) is 0 Å². The van der Waals surface area contributed by atoms with E-state index in [9.17, 15) is 0 Å². The zero-order valence-corrected chi connectivity index (χ0v) is 10.4. The van der Waals surface area contributed by atoms with Crippen molar-refractivity contribution in [2.45, 2.75) is 50.8 Å². The molecule has 94 valence electrons. The third kappa shape index (κ3) is 1.25. The quantitative estimate of drug-likeness (QED) is 0.709. The van der Waals surface area contributed by atoms with Crippen LogP contribution in [0.3, 0.4) is 0 Å². The number of hydrogen-bond donors (Lipinski definition) is 2. The predicted molar refractivity (Wildman–Crippen MR) is 66.0 cm³/mol. The molecule has 0 bridgehead atoms. The predicted octanol–water partition coefficient (Wildman–Crippen LogP) is 0.881. The van der Waals surface area contributed by atoms with E-state index in [1.54, 1.807) is 0 Å². The fourth-order valence-corrected chi connectivity index (χ4v) is 4.24. The minimum Gasteiger partial charge on any atom is -0.377 e. The zero-order valence-electron chi connectivity index (χ0n) is 10.4. The number of nitrogens with zero attached hydrogens (tertiary/aromatic N) is 1. The molecule has 4 unspecified atom stereocenters. The zero-order chi connectivity index (χ0) is 11.5. The number of nitrogens with one attached hydrogen (secondary N) is 2. The molecular formula is C13H21N3O. The molecule has 0 aromatic rings. The summed E-state index contributed by atoms with van der Waals surface area (Å²) in [4.78, 5) is 4.53. The van der Waals surface area contributed by atoms with Gasteiger partial charge in [0.25, 0.3) is 0 Å². The van der Waals surface area contributed by atoms with Crippen molar-refractivity contribution in [3.05, 3.63) is 0 Å². The van der Waals surface area contributed by atoms with Crippen LogP contribution in [-0.4, -0.2) is 37.3 Å². The molecule has 1 spiro atoms. The maximum absolute atomic E-state index is 5.93. The van der Waals surface area contributed by atoms with Gasteiger partial charge in [-0.15, -0.1) is 0 Å². The molecular weight excluding hydrogens is 214 g/mol. The van der Waals surface area contributed by atoms with Crippen LogP contribution in [0.25, 0.3) is 0 Å². The number of rotatable bonds is 1. The summed E-state index contributed by atoms with van der Waals surface area (Å²) >= 11 is 0. The Hall–Kier alpha value is -0.770. The summed E-state index contributed by atoms with van der Waals surface area (Å²) in [7, 11) is 0. The third-order valence-electron chi connectivity index (χ3n) is 5.23. The molecule has 4 nitrogen and oxygen atoms in total. The van der Waals surface area contributed by atoms with Gasteiger partial charge < -0.3 is 15.4 Å². The third-order valence-corrected chi connectivity index (χ3v) is 5.23. The van der Waals surface area contributed by atoms with Gasteiger partial charge in [0.2, 0.25) is 0 Å². The Morgan fingerprint density at radius 3 is 3.00 bits per heavy atom. The van der Waals surface area contributed by atoms with E-state index >= 15 is 0 Å². The van der Waals surface area contributed by atoms with Crippen LogP contribution in [-0.2, 0) is 4.74 Å². The van der Waals surface area contributed by atoms with Crippen LogP contribution in [0.4, 0.5) is 0 Å². The van der Waals surface area contributed by atoms with Gasteiger partial charge in [0.05, 0.1) is 12.6 Å². The smallest absolute Gasteiger partial charge is 0.191 e. The van der Waals surface area contributed by atoms with Gasteiger partial charge in [0, 0.05) is 30.0 Å². The van der Waals surface area contributed by atoms with Crippen molar-refractivity contribution < 1.29 is 4.74 Å². The summed E-state index contributed by atoms with van der Waals surface area (Å²) in [5.41, 5.74) is 0.456. The first-order chi connectivity index (χ1) is 8.29. The van der Waals surface area contributed by atoms with Crippen LogP contribution in [0.2, 0.25) is 0 Å². The highest BCUT2D eigenvalue weighted by Gasteiger charge is 2.66. The fourth-order valence-electron chi connectivity index (χ4n) is 4.24. The monoisotopic (exact) mass is 235 g/mol. The Morgan fingerprint density at radius 2 is 2.35 bits per heavy atom. The van der Waals surface area contributed by atoms with Gasteiger partial charge in [-0.05, 0) is 26.2 Å². The number of aliphatic imine (C=N–C) groups is 1. The van der Waals surface area contributed by atoms with Crippen LogP contribution >= 0.6 is 0 Å². The second-order valence-electron chi connectivity index (χ2n) is 6.19. The molecule has 4 aliphatic rings. The normalized spacial score (nSPS) is 45.6. The van der Waals surface area contributed by atoms with E-state index in [1.165, 1.54) is 25.7 Å². The highest BCUT2D eigenvalue weighted by molar-refractivity contribution is 5.82. The summed E-state index contributed by atoms with van der Waals surface area (Å²) < 4.78 is 5.93. The van der Waals surface area contributed by atoms with Crippen molar-refractivity contribution in [3.63, 3.8) is 0 Å². The Labute approximate surface area is 102 Å². The molecule has 2 saturated carbocycles. The summed E-state index contributed by atoms with van der Waals surface area (Å²) in [6.07, 6.45) is 5.84. The largest absolute Gasteiger partial charge is 0.377 e. The second kappa shape index (κ2) is 3.37. The molecule has 0 aromatic carbocycles. The van der Waals surface area contributed by atoms with Crippen molar-refractivity contribution in [1.29, 1.82) is 0 Å². The van der Waals surface area contributed by atoms with Crippen LogP contribution < -0.4 is 10.6 Å². The summed E-state index contributed by atoms with van der Waals surface area (Å²) in [6, 6.07) is 1.10. The average Bonchev–Trinajstić information content (AvgIpc) is 2.80. The van der Waals surface area contributed by atoms with E-state index in [4.69, 9.17) is 4.74 Å². The van der Waals surface area contributed by atoms with E-state index in [1.807, 2.05) is 0 Å². The number of ether oxygens (including phenoxy) is 1. The van der Waals surface area contributed by atoms with Crippen molar-refractivity contribution in [2.75, 3.05) is 13.2 Å². The van der Waals surface area contributed by atoms with Gasteiger partial charge in [-0.25, -0.2) is 0 Å². The molecule has 0 amide bonds. The maximum Gasteiger partial charge on any atom is 0.191 e. The molecule has 17 heavy (non-hydrogen) atoms. The van der Waals surface area contributed by atoms with Crippen molar-refractivity contribution >= 4 is 5.96 Å². The first-order valence-corrected chi connectivity index (χ1v) is 6.99. The van der Waals surface area contributed by atoms with Gasteiger partial charge in [-0.3, -0.25) is 4.99 Å². The maximum atomic E-state index is 5.93. The van der Waals surface area contributed by atoms with Crippen LogP contribution in [0.15, 0.2) is 4.99 Å². The van der Waals surface area contributed by atoms with Crippen LogP contribution in [0.1, 0.15) is 32.6 Å². The van der Waals surface area contributed by atoms with Gasteiger partial charge in [-0.1, -0.05) is 6.42 Å². The van der Waals surface area contributed by atoms with E-state index < -0.39 is 0 Å². The summed E-state index contributed by atoms with van der Waals surface area (Å²) in [6.45, 7) is 4.05. The molecule has 4 atom stereocenters. The Kier molecular flexibility index (Phi) is 2.02. The average molecular weight is 235 g/mol. The van der Waals surface area contributed by atoms with E-state index in [2.05, 4.69) is 22.5 Å². The number of hydrogen-bond acceptors (Lipinski definition) is 4. The molecule has 4 heteroatoms. The number of fused-ring (bicyclic) bond motifs is 2. The van der Waals surface area contributed by atoms with Gasteiger partial charge in [0.1, 0.15) is 0 Å². The van der Waals surface area contributed by atoms with E-state index in [0.717, 1.165) is 25.0 Å². The summed E-state index contributed by atoms with van der Waals surface area (Å²) in [5, 5.41) is 7.09. The fraction of sp³-hybridized carbons (Fsp3) is 0.923. The highest BCUT2D eigenvalue weighted by Crippen LogP contribution is 2.62. The molecule has 0 aromatic heterocycles. The van der Waals surface area contributed by atoms with E-state index in [-0.39, 0.29) is 0 Å².